The van der Waals surface area contributed by atoms with Crippen molar-refractivity contribution in [3.63, 3.8) is 0 Å². The molecule has 0 N–H and O–H groups in total. The molecule has 0 radical (unpaired) electrons. The molecule has 0 saturated carbocycles. The molecule has 7 heteroatoms. The molecule has 1 aliphatic rings. The van der Waals surface area contributed by atoms with Crippen molar-refractivity contribution in [3.8, 4) is 0 Å². The molecule has 1 aromatic carbocycles. The van der Waals surface area contributed by atoms with Gasteiger partial charge in [0.1, 0.15) is 5.82 Å². The lowest BCUT2D eigenvalue weighted by Gasteiger charge is -2.14. The second-order valence-corrected chi connectivity index (χ2v) is 8.86. The number of aromatic nitrogens is 2. The number of alkyl halides is 1. The van der Waals surface area contributed by atoms with Gasteiger partial charge in [-0.2, -0.15) is 0 Å². The van der Waals surface area contributed by atoms with Crippen LogP contribution in [0, 0.1) is 5.92 Å². The number of fused-ring (bicyclic) bond motifs is 1. The molecule has 1 aromatic heterocycles. The molecule has 4 nitrogen and oxygen atoms in total. The van der Waals surface area contributed by atoms with Crippen molar-refractivity contribution in [1.29, 1.82) is 0 Å². The summed E-state index contributed by atoms with van der Waals surface area (Å²) in [5.41, 5.74) is 1.64. The van der Waals surface area contributed by atoms with Crippen LogP contribution in [0.25, 0.3) is 11.0 Å². The van der Waals surface area contributed by atoms with Gasteiger partial charge >= 0.3 is 0 Å². The largest absolute Gasteiger partial charge is 0.325 e. The summed E-state index contributed by atoms with van der Waals surface area (Å²) >= 11 is 12.5. The van der Waals surface area contributed by atoms with E-state index in [1.54, 1.807) is 0 Å². The zero-order valence-corrected chi connectivity index (χ0v) is 13.9. The quantitative estimate of drug-likeness (QED) is 0.800. The fourth-order valence-electron chi connectivity index (χ4n) is 2.92. The van der Waals surface area contributed by atoms with Crippen LogP contribution in [0.4, 0.5) is 0 Å². The number of rotatable bonds is 3. The van der Waals surface area contributed by atoms with Crippen LogP contribution >= 0.6 is 23.2 Å². The minimum Gasteiger partial charge on any atom is -0.325 e. The summed E-state index contributed by atoms with van der Waals surface area (Å²) < 4.78 is 25.3. The topological polar surface area (TPSA) is 52.0 Å². The Morgan fingerprint density at radius 3 is 2.86 bits per heavy atom. The van der Waals surface area contributed by atoms with E-state index >= 15 is 0 Å². The number of sulfone groups is 1. The summed E-state index contributed by atoms with van der Waals surface area (Å²) in [7, 11) is -2.89. The summed E-state index contributed by atoms with van der Waals surface area (Å²) in [4.78, 5) is 4.55. The molecular weight excluding hydrogens is 331 g/mol. The zero-order valence-electron chi connectivity index (χ0n) is 11.6. The number of imidazole rings is 1. The number of para-hydroxylation sites is 1. The highest BCUT2D eigenvalue weighted by Crippen LogP contribution is 2.31. The third-order valence-corrected chi connectivity index (χ3v) is 6.21. The third-order valence-electron chi connectivity index (χ3n) is 3.87. The molecule has 0 spiro atoms. The first-order valence-corrected chi connectivity index (χ1v) is 9.50. The first kappa shape index (κ1) is 15.1. The monoisotopic (exact) mass is 346 g/mol. The van der Waals surface area contributed by atoms with Crippen molar-refractivity contribution < 1.29 is 8.42 Å². The SMILES string of the molecule is CC(Cl)c1nc2cccc(Cl)c2n1CC1CCS(=O)(=O)C1. The molecule has 3 rings (SSSR count). The van der Waals surface area contributed by atoms with E-state index in [1.165, 1.54) is 0 Å². The predicted octanol–water partition coefficient (Wildman–Crippen LogP) is 3.42. The molecule has 0 amide bonds. The average molecular weight is 347 g/mol. The van der Waals surface area contributed by atoms with Gasteiger partial charge in [0.05, 0.1) is 32.9 Å². The average Bonchev–Trinajstić information content (AvgIpc) is 2.92. The first-order chi connectivity index (χ1) is 9.87. The van der Waals surface area contributed by atoms with Gasteiger partial charge in [-0.1, -0.05) is 17.7 Å². The normalized spacial score (nSPS) is 22.7. The number of halogens is 2. The Labute approximate surface area is 134 Å². The maximum atomic E-state index is 11.6. The van der Waals surface area contributed by atoms with Crippen molar-refractivity contribution in [1.82, 2.24) is 9.55 Å². The van der Waals surface area contributed by atoms with Crippen molar-refractivity contribution in [3.05, 3.63) is 29.0 Å². The van der Waals surface area contributed by atoms with E-state index in [2.05, 4.69) is 4.98 Å². The van der Waals surface area contributed by atoms with E-state index in [9.17, 15) is 8.42 Å². The summed E-state index contributed by atoms with van der Waals surface area (Å²) in [6, 6.07) is 5.56. The van der Waals surface area contributed by atoms with Crippen LogP contribution in [-0.2, 0) is 16.4 Å². The number of benzene rings is 1. The molecule has 114 valence electrons. The summed E-state index contributed by atoms with van der Waals surface area (Å²) in [5, 5.41) is 0.357. The standard InChI is InChI=1S/C14H16Cl2N2O2S/c1-9(15)14-17-12-4-2-3-11(16)13(12)18(14)7-10-5-6-21(19,20)8-10/h2-4,9-10H,5-8H2,1H3. The molecular formula is C14H16Cl2N2O2S. The minimum absolute atomic E-state index is 0.0952. The highest BCUT2D eigenvalue weighted by atomic mass is 35.5. The van der Waals surface area contributed by atoms with Crippen LogP contribution in [0.5, 0.6) is 0 Å². The highest BCUT2D eigenvalue weighted by Gasteiger charge is 2.29. The molecule has 2 aromatic rings. The fraction of sp³-hybridized carbons (Fsp3) is 0.500. The van der Waals surface area contributed by atoms with Gasteiger partial charge in [-0.3, -0.25) is 0 Å². The maximum absolute atomic E-state index is 11.6. The number of hydrogen-bond donors (Lipinski definition) is 0. The molecule has 0 bridgehead atoms. The Morgan fingerprint density at radius 2 is 2.24 bits per heavy atom. The molecule has 1 saturated heterocycles. The Morgan fingerprint density at radius 1 is 1.48 bits per heavy atom. The Hall–Kier alpha value is -0.780. The van der Waals surface area contributed by atoms with Crippen molar-refractivity contribution >= 4 is 44.1 Å². The molecule has 21 heavy (non-hydrogen) atoms. The number of hydrogen-bond acceptors (Lipinski definition) is 3. The van der Waals surface area contributed by atoms with Crippen molar-refractivity contribution in [2.45, 2.75) is 25.3 Å². The molecule has 1 aliphatic heterocycles. The van der Waals surface area contributed by atoms with E-state index in [-0.39, 0.29) is 22.8 Å². The van der Waals surface area contributed by atoms with E-state index in [4.69, 9.17) is 23.2 Å². The third kappa shape index (κ3) is 2.91. The van der Waals surface area contributed by atoms with Gasteiger partial charge in [-0.15, -0.1) is 11.6 Å². The van der Waals surface area contributed by atoms with E-state index in [1.807, 2.05) is 29.7 Å². The second-order valence-electron chi connectivity index (χ2n) is 5.57. The lowest BCUT2D eigenvalue weighted by atomic mass is 10.1. The molecule has 2 atom stereocenters. The van der Waals surface area contributed by atoms with Crippen LogP contribution < -0.4 is 0 Å². The predicted molar refractivity (Wildman–Crippen MR) is 85.8 cm³/mol. The van der Waals surface area contributed by atoms with Crippen molar-refractivity contribution in [2.75, 3.05) is 11.5 Å². The Bertz CT molecular complexity index is 784. The lowest BCUT2D eigenvalue weighted by molar-refractivity contribution is 0.486. The molecule has 2 heterocycles. The fourth-order valence-corrected chi connectivity index (χ4v) is 5.21. The van der Waals surface area contributed by atoms with E-state index in [0.29, 0.717) is 18.0 Å². The highest BCUT2D eigenvalue weighted by molar-refractivity contribution is 7.91. The van der Waals surface area contributed by atoms with E-state index < -0.39 is 9.84 Å². The van der Waals surface area contributed by atoms with Gasteiger partial charge in [0.15, 0.2) is 9.84 Å². The summed E-state index contributed by atoms with van der Waals surface area (Å²) in [6.07, 6.45) is 0.683. The molecule has 0 aliphatic carbocycles. The van der Waals surface area contributed by atoms with Crippen LogP contribution in [-0.4, -0.2) is 29.5 Å². The van der Waals surface area contributed by atoms with Gasteiger partial charge in [0, 0.05) is 6.54 Å². The van der Waals surface area contributed by atoms with Crippen LogP contribution in [0.2, 0.25) is 5.02 Å². The summed E-state index contributed by atoms with van der Waals surface area (Å²) in [6.45, 7) is 2.45. The van der Waals surface area contributed by atoms with Gasteiger partial charge in [0.2, 0.25) is 0 Å². The van der Waals surface area contributed by atoms with Gasteiger partial charge in [0.25, 0.3) is 0 Å². The first-order valence-electron chi connectivity index (χ1n) is 6.86. The minimum atomic E-state index is -2.89. The molecule has 2 unspecified atom stereocenters. The lowest BCUT2D eigenvalue weighted by Crippen LogP contribution is -2.15. The Balaban J connectivity index is 2.05. The van der Waals surface area contributed by atoms with Crippen LogP contribution in [0.15, 0.2) is 18.2 Å². The van der Waals surface area contributed by atoms with Crippen LogP contribution in [0.1, 0.15) is 24.5 Å². The Kier molecular flexibility index (Phi) is 3.93. The zero-order chi connectivity index (χ0) is 15.2. The molecule has 1 fully saturated rings. The van der Waals surface area contributed by atoms with Crippen LogP contribution in [0.3, 0.4) is 0 Å². The smallest absolute Gasteiger partial charge is 0.150 e. The number of nitrogens with zero attached hydrogens (tertiary/aromatic N) is 2. The maximum Gasteiger partial charge on any atom is 0.150 e. The van der Waals surface area contributed by atoms with E-state index in [0.717, 1.165) is 16.9 Å². The van der Waals surface area contributed by atoms with Crippen molar-refractivity contribution in [2.24, 2.45) is 5.92 Å². The second kappa shape index (κ2) is 5.45. The summed E-state index contributed by atoms with van der Waals surface area (Å²) in [5.74, 6) is 1.33. The van der Waals surface area contributed by atoms with Gasteiger partial charge in [-0.05, 0) is 31.4 Å². The van der Waals surface area contributed by atoms with Gasteiger partial charge in [-0.25, -0.2) is 13.4 Å². The van der Waals surface area contributed by atoms with Gasteiger partial charge < -0.3 is 4.57 Å².